The van der Waals surface area contributed by atoms with Crippen LogP contribution in [-0.4, -0.2) is 41.6 Å². The number of benzene rings is 1. The van der Waals surface area contributed by atoms with Crippen LogP contribution in [0.15, 0.2) is 30.3 Å². The highest BCUT2D eigenvalue weighted by atomic mass is 35.5. The van der Waals surface area contributed by atoms with Crippen LogP contribution in [0.2, 0.25) is 5.02 Å². The summed E-state index contributed by atoms with van der Waals surface area (Å²) in [7, 11) is 0. The molecule has 1 fully saturated rings. The molecular weight excluding hydrogens is 298 g/mol. The van der Waals surface area contributed by atoms with Gasteiger partial charge < -0.3 is 14.8 Å². The maximum atomic E-state index is 12.7. The molecule has 22 heavy (non-hydrogen) atoms. The van der Waals surface area contributed by atoms with Crippen molar-refractivity contribution in [3.63, 3.8) is 0 Å². The van der Waals surface area contributed by atoms with Crippen molar-refractivity contribution in [3.8, 4) is 5.69 Å². The molecule has 0 bridgehead atoms. The molecule has 5 heteroatoms. The fourth-order valence-corrected chi connectivity index (χ4v) is 3.21. The molecule has 1 saturated heterocycles. The molecule has 0 spiro atoms. The number of aromatic nitrogens is 1. The van der Waals surface area contributed by atoms with E-state index < -0.39 is 0 Å². The molecule has 2 heterocycles. The minimum Gasteiger partial charge on any atom is -0.336 e. The van der Waals surface area contributed by atoms with E-state index in [1.54, 1.807) is 0 Å². The molecule has 0 unspecified atom stereocenters. The zero-order valence-corrected chi connectivity index (χ0v) is 13.7. The van der Waals surface area contributed by atoms with Gasteiger partial charge >= 0.3 is 0 Å². The number of hydrogen-bond acceptors (Lipinski definition) is 2. The van der Waals surface area contributed by atoms with E-state index in [0.717, 1.165) is 48.8 Å². The molecule has 1 N–H and O–H groups in total. The van der Waals surface area contributed by atoms with Crippen molar-refractivity contribution >= 4 is 17.5 Å². The first-order valence-electron chi connectivity index (χ1n) is 7.53. The van der Waals surface area contributed by atoms with E-state index in [2.05, 4.69) is 9.88 Å². The second kappa shape index (κ2) is 6.15. The lowest BCUT2D eigenvalue weighted by Crippen LogP contribution is -2.46. The highest BCUT2D eigenvalue weighted by Crippen LogP contribution is 2.24. The highest BCUT2D eigenvalue weighted by molar-refractivity contribution is 6.30. The van der Waals surface area contributed by atoms with E-state index in [9.17, 15) is 4.79 Å². The van der Waals surface area contributed by atoms with Crippen molar-refractivity contribution in [2.75, 3.05) is 26.2 Å². The van der Waals surface area contributed by atoms with Gasteiger partial charge in [0.1, 0.15) is 0 Å². The predicted molar refractivity (Wildman–Crippen MR) is 89.0 cm³/mol. The number of piperazine rings is 1. The quantitative estimate of drug-likeness (QED) is 0.925. The van der Waals surface area contributed by atoms with Crippen LogP contribution in [0.5, 0.6) is 0 Å². The normalized spacial score (nSPS) is 15.1. The number of carbonyl (C=O) groups excluding carboxylic acids is 1. The van der Waals surface area contributed by atoms with Crippen LogP contribution < -0.4 is 5.32 Å². The Labute approximate surface area is 135 Å². The summed E-state index contributed by atoms with van der Waals surface area (Å²) in [6.07, 6.45) is 0. The number of amides is 1. The fourth-order valence-electron chi connectivity index (χ4n) is 3.03. The first-order chi connectivity index (χ1) is 10.6. The van der Waals surface area contributed by atoms with Gasteiger partial charge in [-0.25, -0.2) is 0 Å². The molecule has 4 nitrogen and oxygen atoms in total. The number of halogens is 1. The van der Waals surface area contributed by atoms with Gasteiger partial charge in [-0.2, -0.15) is 0 Å². The average molecular weight is 318 g/mol. The first-order valence-corrected chi connectivity index (χ1v) is 7.90. The second-order valence-corrected chi connectivity index (χ2v) is 6.08. The largest absolute Gasteiger partial charge is 0.336 e. The smallest absolute Gasteiger partial charge is 0.255 e. The Morgan fingerprint density at radius 2 is 1.91 bits per heavy atom. The topological polar surface area (TPSA) is 37.3 Å². The molecule has 0 aliphatic carbocycles. The number of nitrogens with zero attached hydrogens (tertiary/aromatic N) is 2. The fraction of sp³-hybridized carbons (Fsp3) is 0.353. The molecule has 0 radical (unpaired) electrons. The van der Waals surface area contributed by atoms with Crippen LogP contribution in [0.1, 0.15) is 21.7 Å². The number of rotatable bonds is 2. The number of hydrogen-bond donors (Lipinski definition) is 1. The van der Waals surface area contributed by atoms with Crippen molar-refractivity contribution in [3.05, 3.63) is 52.3 Å². The number of aryl methyl sites for hydroxylation is 1. The van der Waals surface area contributed by atoms with Crippen molar-refractivity contribution in [2.45, 2.75) is 13.8 Å². The third-order valence-electron chi connectivity index (χ3n) is 4.13. The molecule has 0 atom stereocenters. The molecule has 1 aliphatic rings. The Bertz CT molecular complexity index is 702. The molecule has 1 aromatic heterocycles. The minimum absolute atomic E-state index is 0.114. The monoisotopic (exact) mass is 317 g/mol. The van der Waals surface area contributed by atoms with E-state index in [-0.39, 0.29) is 5.91 Å². The standard InChI is InChI=1S/C17H20ClN3O/c1-12-10-16(17(22)20-8-6-19-7-9-20)13(2)21(12)15-5-3-4-14(18)11-15/h3-5,10-11,19H,6-9H2,1-2H3. The Balaban J connectivity index is 1.98. The van der Waals surface area contributed by atoms with E-state index in [0.29, 0.717) is 5.02 Å². The Morgan fingerprint density at radius 1 is 1.18 bits per heavy atom. The summed E-state index contributed by atoms with van der Waals surface area (Å²) in [5.41, 5.74) is 3.77. The van der Waals surface area contributed by atoms with Crippen LogP contribution >= 0.6 is 11.6 Å². The minimum atomic E-state index is 0.114. The summed E-state index contributed by atoms with van der Waals surface area (Å²) >= 11 is 6.10. The lowest BCUT2D eigenvalue weighted by atomic mass is 10.2. The SMILES string of the molecule is Cc1cc(C(=O)N2CCNCC2)c(C)n1-c1cccc(Cl)c1. The van der Waals surface area contributed by atoms with Crippen molar-refractivity contribution < 1.29 is 4.79 Å². The van der Waals surface area contributed by atoms with Crippen molar-refractivity contribution in [1.29, 1.82) is 0 Å². The van der Waals surface area contributed by atoms with Gasteiger partial charge in [0.25, 0.3) is 5.91 Å². The molecule has 1 aliphatic heterocycles. The van der Waals surface area contributed by atoms with Gasteiger partial charge in [-0.15, -0.1) is 0 Å². The summed E-state index contributed by atoms with van der Waals surface area (Å²) in [6.45, 7) is 7.25. The van der Waals surface area contributed by atoms with E-state index in [1.165, 1.54) is 0 Å². The first kappa shape index (κ1) is 15.1. The summed E-state index contributed by atoms with van der Waals surface area (Å²) < 4.78 is 2.08. The van der Waals surface area contributed by atoms with Gasteiger partial charge in [-0.3, -0.25) is 4.79 Å². The Morgan fingerprint density at radius 3 is 2.59 bits per heavy atom. The van der Waals surface area contributed by atoms with Crippen LogP contribution in [0.25, 0.3) is 5.69 Å². The molecule has 1 amide bonds. The lowest BCUT2D eigenvalue weighted by Gasteiger charge is -2.27. The third-order valence-corrected chi connectivity index (χ3v) is 4.37. The van der Waals surface area contributed by atoms with Crippen molar-refractivity contribution in [2.24, 2.45) is 0 Å². The van der Waals surface area contributed by atoms with Gasteiger partial charge in [0.05, 0.1) is 5.56 Å². The summed E-state index contributed by atoms with van der Waals surface area (Å²) in [4.78, 5) is 14.7. The highest BCUT2D eigenvalue weighted by Gasteiger charge is 2.22. The second-order valence-electron chi connectivity index (χ2n) is 5.64. The molecule has 3 rings (SSSR count). The lowest BCUT2D eigenvalue weighted by molar-refractivity contribution is 0.0735. The van der Waals surface area contributed by atoms with Crippen LogP contribution in [0.3, 0.4) is 0 Å². The van der Waals surface area contributed by atoms with Crippen LogP contribution in [0.4, 0.5) is 0 Å². The molecule has 116 valence electrons. The molecule has 1 aromatic carbocycles. The molecule has 0 saturated carbocycles. The van der Waals surface area contributed by atoms with Gasteiger partial charge in [0, 0.05) is 48.3 Å². The van der Waals surface area contributed by atoms with Gasteiger partial charge in [-0.05, 0) is 38.1 Å². The van der Waals surface area contributed by atoms with Gasteiger partial charge in [0.15, 0.2) is 0 Å². The van der Waals surface area contributed by atoms with E-state index in [1.807, 2.05) is 49.1 Å². The van der Waals surface area contributed by atoms with Gasteiger partial charge in [0.2, 0.25) is 0 Å². The van der Waals surface area contributed by atoms with E-state index >= 15 is 0 Å². The van der Waals surface area contributed by atoms with Crippen LogP contribution in [-0.2, 0) is 0 Å². The predicted octanol–water partition coefficient (Wildman–Crippen LogP) is 2.79. The summed E-state index contributed by atoms with van der Waals surface area (Å²) in [5, 5.41) is 3.97. The Hall–Kier alpha value is -1.78. The van der Waals surface area contributed by atoms with Crippen molar-refractivity contribution in [1.82, 2.24) is 14.8 Å². The number of nitrogens with one attached hydrogen (secondary N) is 1. The summed E-state index contributed by atoms with van der Waals surface area (Å²) in [6, 6.07) is 9.67. The maximum absolute atomic E-state index is 12.7. The Kier molecular flexibility index (Phi) is 4.23. The molecule has 2 aromatic rings. The van der Waals surface area contributed by atoms with Crippen LogP contribution in [0, 0.1) is 13.8 Å². The zero-order valence-electron chi connectivity index (χ0n) is 12.9. The number of carbonyl (C=O) groups is 1. The zero-order chi connectivity index (χ0) is 15.7. The maximum Gasteiger partial charge on any atom is 0.255 e. The average Bonchev–Trinajstić information content (AvgIpc) is 2.82. The van der Waals surface area contributed by atoms with Gasteiger partial charge in [-0.1, -0.05) is 17.7 Å². The molecular formula is C17H20ClN3O. The van der Waals surface area contributed by atoms with E-state index in [4.69, 9.17) is 11.6 Å². The third kappa shape index (κ3) is 2.76. The summed E-state index contributed by atoms with van der Waals surface area (Å²) in [5.74, 6) is 0.114.